The average molecular weight is 192 g/mol. The molecule has 2 aliphatic rings. The number of fused-ring (bicyclic) bond motifs is 1. The molecule has 3 rings (SSSR count). The molecule has 0 atom stereocenters. The molecule has 0 amide bonds. The molecule has 2 nitrogen and oxygen atoms in total. The Bertz CT molecular complexity index is 382. The van der Waals surface area contributed by atoms with Gasteiger partial charge in [0, 0.05) is 17.7 Å². The number of carbonyl (C=O) groups excluding carboxylic acids is 1. The lowest BCUT2D eigenvalue weighted by molar-refractivity contribution is 0.0401. The van der Waals surface area contributed by atoms with Gasteiger partial charge < -0.3 is 4.74 Å². The van der Waals surface area contributed by atoms with Gasteiger partial charge in [-0.05, 0) is 12.1 Å². The van der Waals surface area contributed by atoms with Gasteiger partial charge in [-0.2, -0.15) is 0 Å². The number of hydrogen-bond donors (Lipinski definition) is 0. The van der Waals surface area contributed by atoms with Crippen molar-refractivity contribution in [3.63, 3.8) is 0 Å². The SMILES string of the molecule is O=C1OC2(CC2)Sc2ccccc21. The predicted octanol–water partition coefficient (Wildman–Crippen LogP) is 2.44. The molecule has 1 aliphatic carbocycles. The van der Waals surface area contributed by atoms with Crippen LogP contribution >= 0.6 is 11.8 Å². The summed E-state index contributed by atoms with van der Waals surface area (Å²) in [4.78, 5) is 12.4. The lowest BCUT2D eigenvalue weighted by Crippen LogP contribution is -2.21. The van der Waals surface area contributed by atoms with E-state index >= 15 is 0 Å². The summed E-state index contributed by atoms with van der Waals surface area (Å²) in [5.41, 5.74) is 0.713. The lowest BCUT2D eigenvalue weighted by Gasteiger charge is -2.23. The highest BCUT2D eigenvalue weighted by atomic mass is 32.2. The fraction of sp³-hybridized carbons (Fsp3) is 0.300. The maximum atomic E-state index is 11.5. The molecule has 13 heavy (non-hydrogen) atoms. The molecule has 0 aromatic heterocycles. The highest BCUT2D eigenvalue weighted by molar-refractivity contribution is 8.01. The molecule has 1 fully saturated rings. The summed E-state index contributed by atoms with van der Waals surface area (Å²) < 4.78 is 5.34. The normalized spacial score (nSPS) is 22.3. The summed E-state index contributed by atoms with van der Waals surface area (Å²) in [7, 11) is 0. The molecule has 1 aromatic rings. The Morgan fingerprint density at radius 2 is 2.08 bits per heavy atom. The van der Waals surface area contributed by atoms with Gasteiger partial charge in [0.25, 0.3) is 0 Å². The van der Waals surface area contributed by atoms with Crippen LogP contribution in [0.1, 0.15) is 23.2 Å². The maximum Gasteiger partial charge on any atom is 0.340 e. The molecule has 1 aliphatic heterocycles. The van der Waals surface area contributed by atoms with Gasteiger partial charge in [0.2, 0.25) is 0 Å². The fourth-order valence-corrected chi connectivity index (χ4v) is 2.71. The predicted molar refractivity (Wildman–Crippen MR) is 49.7 cm³/mol. The Hall–Kier alpha value is -0.960. The van der Waals surface area contributed by atoms with E-state index in [1.807, 2.05) is 24.3 Å². The van der Waals surface area contributed by atoms with Crippen LogP contribution in [-0.4, -0.2) is 10.9 Å². The molecule has 3 heteroatoms. The zero-order valence-electron chi connectivity index (χ0n) is 6.95. The Balaban J connectivity index is 2.10. The van der Waals surface area contributed by atoms with Crippen molar-refractivity contribution < 1.29 is 9.53 Å². The van der Waals surface area contributed by atoms with E-state index in [-0.39, 0.29) is 10.9 Å². The maximum absolute atomic E-state index is 11.5. The van der Waals surface area contributed by atoms with Gasteiger partial charge in [0.05, 0.1) is 5.56 Å². The summed E-state index contributed by atoms with van der Waals surface area (Å²) in [6.45, 7) is 0. The van der Waals surface area contributed by atoms with Gasteiger partial charge in [-0.15, -0.1) is 0 Å². The second-order valence-corrected chi connectivity index (χ2v) is 4.79. The van der Waals surface area contributed by atoms with Crippen LogP contribution in [0.4, 0.5) is 0 Å². The van der Waals surface area contributed by atoms with Gasteiger partial charge in [-0.1, -0.05) is 23.9 Å². The van der Waals surface area contributed by atoms with Crippen LogP contribution in [-0.2, 0) is 4.74 Å². The number of hydrogen-bond acceptors (Lipinski definition) is 3. The van der Waals surface area contributed by atoms with Crippen molar-refractivity contribution in [1.29, 1.82) is 0 Å². The van der Waals surface area contributed by atoms with E-state index < -0.39 is 0 Å². The van der Waals surface area contributed by atoms with E-state index in [1.165, 1.54) is 0 Å². The van der Waals surface area contributed by atoms with Gasteiger partial charge >= 0.3 is 5.97 Å². The first-order valence-electron chi connectivity index (χ1n) is 4.31. The van der Waals surface area contributed by atoms with Crippen molar-refractivity contribution in [1.82, 2.24) is 0 Å². The number of benzene rings is 1. The molecule has 1 saturated carbocycles. The third kappa shape index (κ3) is 1.07. The smallest absolute Gasteiger partial charge is 0.340 e. The number of rotatable bonds is 0. The van der Waals surface area contributed by atoms with E-state index in [2.05, 4.69) is 0 Å². The van der Waals surface area contributed by atoms with Crippen molar-refractivity contribution in [3.8, 4) is 0 Å². The first-order valence-corrected chi connectivity index (χ1v) is 5.12. The summed E-state index contributed by atoms with van der Waals surface area (Å²) in [5, 5.41) is 0. The Morgan fingerprint density at radius 3 is 2.85 bits per heavy atom. The van der Waals surface area contributed by atoms with Gasteiger partial charge in [-0.3, -0.25) is 0 Å². The van der Waals surface area contributed by atoms with Crippen molar-refractivity contribution >= 4 is 17.7 Å². The largest absolute Gasteiger partial charge is 0.444 e. The fourth-order valence-electron chi connectivity index (χ4n) is 1.48. The van der Waals surface area contributed by atoms with E-state index in [4.69, 9.17) is 4.74 Å². The molecule has 1 heterocycles. The summed E-state index contributed by atoms with van der Waals surface area (Å²) in [5.74, 6) is -0.160. The van der Waals surface area contributed by atoms with Gasteiger partial charge in [0.15, 0.2) is 4.93 Å². The molecule has 0 bridgehead atoms. The minimum absolute atomic E-state index is 0.160. The minimum atomic E-state index is -0.189. The van der Waals surface area contributed by atoms with Crippen molar-refractivity contribution in [2.75, 3.05) is 0 Å². The van der Waals surface area contributed by atoms with Crippen LogP contribution in [0.3, 0.4) is 0 Å². The molecule has 0 N–H and O–H groups in total. The number of ether oxygens (including phenoxy) is 1. The van der Waals surface area contributed by atoms with Crippen molar-refractivity contribution in [3.05, 3.63) is 29.8 Å². The number of esters is 1. The Labute approximate surface area is 80.3 Å². The quantitative estimate of drug-likeness (QED) is 0.590. The van der Waals surface area contributed by atoms with E-state index in [0.717, 1.165) is 17.7 Å². The molecular formula is C10H8O2S. The van der Waals surface area contributed by atoms with Crippen LogP contribution in [0.15, 0.2) is 29.2 Å². The third-order valence-electron chi connectivity index (χ3n) is 2.34. The zero-order chi connectivity index (χ0) is 8.89. The summed E-state index contributed by atoms with van der Waals surface area (Å²) in [6.07, 6.45) is 2.00. The zero-order valence-corrected chi connectivity index (χ0v) is 7.76. The van der Waals surface area contributed by atoms with E-state index in [1.54, 1.807) is 11.8 Å². The molecule has 0 radical (unpaired) electrons. The topological polar surface area (TPSA) is 26.3 Å². The van der Waals surface area contributed by atoms with Crippen molar-refractivity contribution in [2.45, 2.75) is 22.7 Å². The number of carbonyl (C=O) groups is 1. The molecule has 0 saturated heterocycles. The first-order chi connectivity index (χ1) is 6.29. The van der Waals surface area contributed by atoms with Gasteiger partial charge in [0.1, 0.15) is 0 Å². The monoisotopic (exact) mass is 192 g/mol. The Kier molecular flexibility index (Phi) is 1.31. The van der Waals surface area contributed by atoms with Crippen LogP contribution in [0.2, 0.25) is 0 Å². The average Bonchev–Trinajstić information content (AvgIpc) is 2.85. The number of thioether (sulfide) groups is 1. The van der Waals surface area contributed by atoms with Crippen LogP contribution in [0.25, 0.3) is 0 Å². The summed E-state index contributed by atoms with van der Waals surface area (Å²) in [6, 6.07) is 7.63. The first kappa shape index (κ1) is 7.44. The second-order valence-electron chi connectivity index (χ2n) is 3.40. The molecule has 1 aromatic carbocycles. The highest BCUT2D eigenvalue weighted by Gasteiger charge is 2.51. The van der Waals surface area contributed by atoms with Crippen LogP contribution in [0.5, 0.6) is 0 Å². The summed E-state index contributed by atoms with van der Waals surface area (Å²) >= 11 is 1.69. The van der Waals surface area contributed by atoms with Crippen LogP contribution < -0.4 is 0 Å². The molecule has 0 unspecified atom stereocenters. The van der Waals surface area contributed by atoms with Crippen molar-refractivity contribution in [2.24, 2.45) is 0 Å². The molecule has 1 spiro atoms. The standard InChI is InChI=1S/C10H8O2S/c11-9-7-3-1-2-4-8(7)13-10(12-9)5-6-10/h1-4H,5-6H2. The van der Waals surface area contributed by atoms with Crippen LogP contribution in [0, 0.1) is 0 Å². The van der Waals surface area contributed by atoms with Gasteiger partial charge in [-0.25, -0.2) is 4.79 Å². The second kappa shape index (κ2) is 2.29. The third-order valence-corrected chi connectivity index (χ3v) is 3.78. The Morgan fingerprint density at radius 1 is 1.31 bits per heavy atom. The molecule has 66 valence electrons. The van der Waals surface area contributed by atoms with E-state index in [9.17, 15) is 4.79 Å². The lowest BCUT2D eigenvalue weighted by atomic mass is 10.2. The minimum Gasteiger partial charge on any atom is -0.444 e. The molecular weight excluding hydrogens is 184 g/mol. The van der Waals surface area contributed by atoms with E-state index in [0.29, 0.717) is 5.56 Å². The highest BCUT2D eigenvalue weighted by Crippen LogP contribution is 2.56.